The quantitative estimate of drug-likeness (QED) is 0.0995. The number of benzene rings is 10. The second kappa shape index (κ2) is 27.5. The average molecular weight is 1280 g/mol. The highest BCUT2D eigenvalue weighted by atomic mass is 14.8. The van der Waals surface area contributed by atoms with E-state index in [1.807, 2.05) is 6.07 Å². The number of nitrogens with one attached hydrogen (secondary N) is 6. The van der Waals surface area contributed by atoms with Gasteiger partial charge in [0.05, 0.1) is 0 Å². The fraction of sp³-hybridized carbons (Fsp3) is 0.217. The van der Waals surface area contributed by atoms with Crippen molar-refractivity contribution in [3.63, 3.8) is 0 Å². The normalized spacial score (nSPS) is 12.2. The van der Waals surface area contributed by atoms with Crippen molar-refractivity contribution in [1.29, 1.82) is 0 Å². The Hall–Kier alpha value is -10.6. The maximum absolute atomic E-state index is 3.60. The third-order valence-electron chi connectivity index (χ3n) is 19.7. The van der Waals surface area contributed by atoms with Crippen molar-refractivity contribution in [2.45, 2.75) is 133 Å². The summed E-state index contributed by atoms with van der Waals surface area (Å²) >= 11 is 0. The first-order chi connectivity index (χ1) is 47.1. The molecular weight excluding hydrogens is 1190 g/mol. The van der Waals surface area contributed by atoms with Crippen molar-refractivity contribution in [2.75, 3.05) is 0 Å². The van der Waals surface area contributed by atoms with Crippen molar-refractivity contribution in [3.05, 3.63) is 309 Å². The number of aromatic amines is 6. The van der Waals surface area contributed by atoms with Crippen LogP contribution in [0.4, 0.5) is 0 Å². The van der Waals surface area contributed by atoms with Gasteiger partial charge in [-0.25, -0.2) is 0 Å². The summed E-state index contributed by atoms with van der Waals surface area (Å²) in [6.07, 6.45) is 6.71. The molecule has 6 nitrogen and oxygen atoms in total. The zero-order valence-corrected chi connectivity index (χ0v) is 59.8. The van der Waals surface area contributed by atoms with Crippen LogP contribution in [0.2, 0.25) is 0 Å². The average Bonchev–Trinajstić information content (AvgIpc) is 1.60. The number of aryl methyl sites for hydroxylation is 12. The standard InChI is InChI=1S/2C17H15N.C17H17N.C15H13N.2C13H17N/c1-11-6-9-16-15(10-11)14-8-7-12-4-2-3-5-13(12)17(14)18-16;1-11-6-8-15-14(10-11)17-13-5-3-2-4-12(13)7-9-16(17)18-15;1-11-8-9-16-15(10-11)13(3)17(18-16)14-7-5-4-6-12(14)2;1-11-7-8-14-13(9-11)10-15(16-14)12-5-3-2-4-6-12;1-9-5-6-12-10(7-9)11(8-14-12)13(2,3)4;1-9-5-6-11-10(7-9)8-12(14-11)13(2,3)4/h2-6,9-10,18H,7-8H2,1H3;2-6,8,10,18H,7,9H2,1H3;4-10,18H,1-3H3;2-10,16H,1H3;2*5-8,14H,1-4H3. The SMILES string of the molecule is Cc1ccc2[nH]c(-c3ccccc3)cc2c1.Cc1ccc2[nH]c(-c3ccccc3C)c(C)c2c1.Cc1ccc2[nH]c(C(C)(C)C)cc2c1.Cc1ccc2[nH]c3c(c2c1)-c1ccccc1CC3.Cc1ccc2[nH]c3c(c2c1)CCc1ccccc1-3.Cc1ccc2[nH]cc(C(C)(C)C)c2c1. The van der Waals surface area contributed by atoms with Gasteiger partial charge in [-0.05, 0) is 221 Å². The van der Waals surface area contributed by atoms with Crippen LogP contribution < -0.4 is 0 Å². The summed E-state index contributed by atoms with van der Waals surface area (Å²) in [5.74, 6) is 0. The highest BCUT2D eigenvalue weighted by molar-refractivity contribution is 6.00. The minimum atomic E-state index is 0.201. The molecular formula is C92H94N6. The maximum atomic E-state index is 3.60. The Morgan fingerprint density at radius 3 is 1.44 bits per heavy atom. The summed E-state index contributed by atoms with van der Waals surface area (Å²) in [5.41, 5.74) is 37.4. The molecule has 6 heterocycles. The van der Waals surface area contributed by atoms with E-state index in [-0.39, 0.29) is 10.8 Å². The van der Waals surface area contributed by atoms with E-state index in [9.17, 15) is 0 Å². The van der Waals surface area contributed by atoms with Crippen molar-refractivity contribution in [3.8, 4) is 44.9 Å². The lowest BCUT2D eigenvalue weighted by Crippen LogP contribution is -2.10. The minimum absolute atomic E-state index is 0.201. The van der Waals surface area contributed by atoms with E-state index in [0.29, 0.717) is 0 Å². The molecule has 10 aromatic carbocycles. The molecule has 98 heavy (non-hydrogen) atoms. The molecule has 2 aliphatic carbocycles. The molecule has 16 aromatic rings. The molecule has 0 radical (unpaired) electrons. The predicted octanol–water partition coefficient (Wildman–Crippen LogP) is 24.9. The molecule has 0 fully saturated rings. The first kappa shape index (κ1) is 66.1. The van der Waals surface area contributed by atoms with Crippen LogP contribution in [0.3, 0.4) is 0 Å². The van der Waals surface area contributed by atoms with Gasteiger partial charge in [-0.15, -0.1) is 0 Å². The van der Waals surface area contributed by atoms with Crippen molar-refractivity contribution < 1.29 is 0 Å². The smallest absolute Gasteiger partial charge is 0.0500 e. The van der Waals surface area contributed by atoms with Crippen molar-refractivity contribution in [1.82, 2.24) is 29.9 Å². The Balaban J connectivity index is 0.000000106. The van der Waals surface area contributed by atoms with Crippen LogP contribution in [-0.4, -0.2) is 29.9 Å². The summed E-state index contributed by atoms with van der Waals surface area (Å²) in [4.78, 5) is 21.0. The summed E-state index contributed by atoms with van der Waals surface area (Å²) in [7, 11) is 0. The van der Waals surface area contributed by atoms with Crippen LogP contribution in [-0.2, 0) is 36.5 Å². The number of rotatable bonds is 2. The Labute approximate surface area is 579 Å². The van der Waals surface area contributed by atoms with Gasteiger partial charge in [0.15, 0.2) is 0 Å². The van der Waals surface area contributed by atoms with Crippen LogP contribution >= 0.6 is 0 Å². The number of hydrogen-bond donors (Lipinski definition) is 6. The molecule has 0 spiro atoms. The molecule has 0 saturated heterocycles. The van der Waals surface area contributed by atoms with Gasteiger partial charge >= 0.3 is 0 Å². The lowest BCUT2D eigenvalue weighted by atomic mass is 9.86. The summed E-state index contributed by atoms with van der Waals surface area (Å²) < 4.78 is 0. The van der Waals surface area contributed by atoms with E-state index in [1.165, 1.54) is 188 Å². The number of aromatic nitrogens is 6. The number of H-pyrrole nitrogens is 6. The summed E-state index contributed by atoms with van der Waals surface area (Å²) in [6, 6.07) is 80.4. The zero-order chi connectivity index (χ0) is 68.6. The molecule has 0 saturated carbocycles. The first-order valence-corrected chi connectivity index (χ1v) is 35.0. The lowest BCUT2D eigenvalue weighted by molar-refractivity contribution is 0.574. The first-order valence-electron chi connectivity index (χ1n) is 35.0. The van der Waals surface area contributed by atoms with Crippen molar-refractivity contribution in [2.24, 2.45) is 0 Å². The van der Waals surface area contributed by atoms with Gasteiger partial charge in [0, 0.05) is 117 Å². The van der Waals surface area contributed by atoms with Crippen LogP contribution in [0.25, 0.3) is 110 Å². The monoisotopic (exact) mass is 1280 g/mol. The Bertz CT molecular complexity index is 5490. The van der Waals surface area contributed by atoms with Crippen LogP contribution in [0.1, 0.15) is 120 Å². The number of fused-ring (bicyclic) bond motifs is 14. The Morgan fingerprint density at radius 2 is 0.806 bits per heavy atom. The van der Waals surface area contributed by atoms with Crippen LogP contribution in [0.15, 0.2) is 231 Å². The third kappa shape index (κ3) is 14.2. The maximum Gasteiger partial charge on any atom is 0.0500 e. The molecule has 18 rings (SSSR count). The third-order valence-corrected chi connectivity index (χ3v) is 19.7. The highest BCUT2D eigenvalue weighted by Crippen LogP contribution is 2.41. The second-order valence-corrected chi connectivity index (χ2v) is 29.5. The minimum Gasteiger partial charge on any atom is -0.361 e. The molecule has 0 atom stereocenters. The van der Waals surface area contributed by atoms with E-state index >= 15 is 0 Å². The van der Waals surface area contributed by atoms with E-state index in [4.69, 9.17) is 0 Å². The molecule has 6 N–H and O–H groups in total. The molecule has 2 aliphatic rings. The van der Waals surface area contributed by atoms with Crippen LogP contribution in [0.5, 0.6) is 0 Å². The topological polar surface area (TPSA) is 94.7 Å². The van der Waals surface area contributed by atoms with E-state index in [2.05, 4.69) is 351 Å². The fourth-order valence-corrected chi connectivity index (χ4v) is 14.3. The Kier molecular flexibility index (Phi) is 18.6. The summed E-state index contributed by atoms with van der Waals surface area (Å²) in [6.45, 7) is 30.6. The molecule has 0 aliphatic heterocycles. The lowest BCUT2D eigenvalue weighted by Gasteiger charge is -2.17. The molecule has 0 unspecified atom stereocenters. The largest absolute Gasteiger partial charge is 0.361 e. The van der Waals surface area contributed by atoms with Gasteiger partial charge in [0.25, 0.3) is 0 Å². The number of hydrogen-bond acceptors (Lipinski definition) is 0. The van der Waals surface area contributed by atoms with Gasteiger partial charge in [-0.1, -0.05) is 214 Å². The van der Waals surface area contributed by atoms with Gasteiger partial charge in [0.2, 0.25) is 0 Å². The van der Waals surface area contributed by atoms with Gasteiger partial charge in [-0.2, -0.15) is 0 Å². The Morgan fingerprint density at radius 1 is 0.327 bits per heavy atom. The fourth-order valence-electron chi connectivity index (χ4n) is 14.3. The van der Waals surface area contributed by atoms with Gasteiger partial charge in [-0.3, -0.25) is 0 Å². The van der Waals surface area contributed by atoms with Crippen molar-refractivity contribution >= 4 is 65.4 Å². The summed E-state index contributed by atoms with van der Waals surface area (Å²) in [5, 5.41) is 8.05. The molecule has 6 aromatic heterocycles. The molecule has 492 valence electrons. The molecule has 6 heteroatoms. The predicted molar refractivity (Wildman–Crippen MR) is 422 cm³/mol. The molecule has 0 bridgehead atoms. The van der Waals surface area contributed by atoms with E-state index < -0.39 is 0 Å². The molecule has 0 amide bonds. The highest BCUT2D eigenvalue weighted by Gasteiger charge is 2.23. The van der Waals surface area contributed by atoms with E-state index in [1.54, 1.807) is 0 Å². The van der Waals surface area contributed by atoms with E-state index in [0.717, 1.165) is 25.7 Å². The zero-order valence-electron chi connectivity index (χ0n) is 59.8. The van der Waals surface area contributed by atoms with Gasteiger partial charge < -0.3 is 29.9 Å². The second-order valence-electron chi connectivity index (χ2n) is 29.5. The van der Waals surface area contributed by atoms with Crippen LogP contribution in [0, 0.1) is 55.4 Å². The van der Waals surface area contributed by atoms with Gasteiger partial charge in [0.1, 0.15) is 0 Å².